The Morgan fingerprint density at radius 3 is 2.62 bits per heavy atom. The zero-order valence-electron chi connectivity index (χ0n) is 13.1. The molecule has 0 saturated carbocycles. The van der Waals surface area contributed by atoms with Gasteiger partial charge in [0.05, 0.1) is 11.0 Å². The van der Waals surface area contributed by atoms with Crippen LogP contribution in [0.25, 0.3) is 0 Å². The predicted molar refractivity (Wildman–Crippen MR) is 81.6 cm³/mol. The van der Waals surface area contributed by atoms with Gasteiger partial charge in [-0.2, -0.15) is 0 Å². The molecule has 1 aromatic rings. The Hall–Kier alpha value is -1.66. The van der Waals surface area contributed by atoms with Crippen molar-refractivity contribution < 1.29 is 14.4 Å². The molecular formula is C15H24N2O4. The number of benzene rings is 1. The fourth-order valence-corrected chi connectivity index (χ4v) is 1.72. The Morgan fingerprint density at radius 1 is 1.33 bits per heavy atom. The highest BCUT2D eigenvalue weighted by Gasteiger charge is 2.16. The molecule has 0 amide bonds. The summed E-state index contributed by atoms with van der Waals surface area (Å²) >= 11 is 0. The first kappa shape index (κ1) is 17.4. The third-order valence-electron chi connectivity index (χ3n) is 2.98. The van der Waals surface area contributed by atoms with E-state index in [9.17, 15) is 10.1 Å². The molecule has 1 rings (SSSR count). The summed E-state index contributed by atoms with van der Waals surface area (Å²) in [7, 11) is 1.58. The summed E-state index contributed by atoms with van der Waals surface area (Å²) in [5, 5.41) is 14.3. The van der Waals surface area contributed by atoms with Crippen molar-refractivity contribution in [2.45, 2.75) is 33.4 Å². The topological polar surface area (TPSA) is 73.6 Å². The van der Waals surface area contributed by atoms with Gasteiger partial charge in [0.1, 0.15) is 6.61 Å². The molecule has 6 heteroatoms. The van der Waals surface area contributed by atoms with Gasteiger partial charge < -0.3 is 14.8 Å². The monoisotopic (exact) mass is 296 g/mol. The first-order chi connectivity index (χ1) is 9.93. The third kappa shape index (κ3) is 6.10. The van der Waals surface area contributed by atoms with Gasteiger partial charge in [-0.15, -0.1) is 0 Å². The van der Waals surface area contributed by atoms with Crippen LogP contribution in [0.3, 0.4) is 0 Å². The van der Waals surface area contributed by atoms with E-state index in [2.05, 4.69) is 19.2 Å². The van der Waals surface area contributed by atoms with Crippen LogP contribution in [0.5, 0.6) is 5.75 Å². The van der Waals surface area contributed by atoms with Crippen molar-refractivity contribution in [1.82, 2.24) is 5.32 Å². The van der Waals surface area contributed by atoms with E-state index in [-0.39, 0.29) is 24.1 Å². The summed E-state index contributed by atoms with van der Waals surface area (Å²) in [6.07, 6.45) is -0.118. The second kappa shape index (κ2) is 8.59. The van der Waals surface area contributed by atoms with Crippen molar-refractivity contribution in [3.05, 3.63) is 33.9 Å². The minimum absolute atomic E-state index is 0.0223. The van der Waals surface area contributed by atoms with Gasteiger partial charge in [0.25, 0.3) is 0 Å². The van der Waals surface area contributed by atoms with E-state index in [0.29, 0.717) is 12.5 Å². The fraction of sp³-hybridized carbons (Fsp3) is 0.600. The highest BCUT2D eigenvalue weighted by atomic mass is 16.6. The molecule has 0 saturated heterocycles. The quantitative estimate of drug-likeness (QED) is 0.560. The van der Waals surface area contributed by atoms with Gasteiger partial charge >= 0.3 is 5.69 Å². The average molecular weight is 296 g/mol. The minimum atomic E-state index is -0.432. The lowest BCUT2D eigenvalue weighted by molar-refractivity contribution is -0.385. The maximum Gasteiger partial charge on any atom is 0.310 e. The molecule has 1 atom stereocenters. The third-order valence-corrected chi connectivity index (χ3v) is 2.98. The number of methoxy groups -OCH3 is 1. The second-order valence-electron chi connectivity index (χ2n) is 5.44. The lowest BCUT2D eigenvalue weighted by Crippen LogP contribution is -2.19. The first-order valence-electron chi connectivity index (χ1n) is 7.07. The summed E-state index contributed by atoms with van der Waals surface area (Å²) in [6, 6.07) is 4.95. The van der Waals surface area contributed by atoms with Crippen LogP contribution in [0, 0.1) is 16.0 Å². The van der Waals surface area contributed by atoms with E-state index in [1.165, 1.54) is 6.07 Å². The number of nitro benzene ring substituents is 1. The summed E-state index contributed by atoms with van der Waals surface area (Å²) < 4.78 is 10.6. The number of ether oxygens (including phenoxy) is 2. The molecule has 118 valence electrons. The minimum Gasteiger partial charge on any atom is -0.484 e. The van der Waals surface area contributed by atoms with E-state index in [1.54, 1.807) is 19.2 Å². The Kier molecular flexibility index (Phi) is 7.11. The lowest BCUT2D eigenvalue weighted by Gasteiger charge is -2.13. The Balaban J connectivity index is 2.77. The highest BCUT2D eigenvalue weighted by Crippen LogP contribution is 2.28. The number of nitro groups is 1. The Labute approximate surface area is 125 Å². The zero-order chi connectivity index (χ0) is 15.8. The summed E-state index contributed by atoms with van der Waals surface area (Å²) in [6.45, 7) is 7.94. The molecule has 1 N–H and O–H groups in total. The molecule has 0 bridgehead atoms. The predicted octanol–water partition coefficient (Wildman–Crippen LogP) is 2.75. The van der Waals surface area contributed by atoms with Crippen LogP contribution in [0.4, 0.5) is 5.69 Å². The van der Waals surface area contributed by atoms with E-state index < -0.39 is 4.92 Å². The molecule has 0 aliphatic carbocycles. The molecule has 0 aromatic heterocycles. The van der Waals surface area contributed by atoms with E-state index in [0.717, 1.165) is 12.1 Å². The van der Waals surface area contributed by atoms with Crippen LogP contribution < -0.4 is 10.1 Å². The van der Waals surface area contributed by atoms with Crippen LogP contribution in [0.2, 0.25) is 0 Å². The molecule has 0 aliphatic rings. The highest BCUT2D eigenvalue weighted by molar-refractivity contribution is 5.48. The smallest absolute Gasteiger partial charge is 0.310 e. The fourth-order valence-electron chi connectivity index (χ4n) is 1.72. The maximum absolute atomic E-state index is 11.0. The van der Waals surface area contributed by atoms with E-state index in [4.69, 9.17) is 9.47 Å². The van der Waals surface area contributed by atoms with Crippen LogP contribution in [-0.2, 0) is 11.3 Å². The van der Waals surface area contributed by atoms with Crippen LogP contribution in [-0.4, -0.2) is 31.3 Å². The second-order valence-corrected chi connectivity index (χ2v) is 5.44. The number of hydrogen-bond donors (Lipinski definition) is 1. The van der Waals surface area contributed by atoms with Crippen molar-refractivity contribution >= 4 is 5.69 Å². The molecule has 1 unspecified atom stereocenters. The molecule has 0 radical (unpaired) electrons. The Morgan fingerprint density at radius 2 is 2.05 bits per heavy atom. The van der Waals surface area contributed by atoms with Gasteiger partial charge in [0.2, 0.25) is 0 Å². The molecule has 1 aromatic carbocycles. The zero-order valence-corrected chi connectivity index (χ0v) is 13.1. The van der Waals surface area contributed by atoms with Gasteiger partial charge in [0, 0.05) is 19.7 Å². The maximum atomic E-state index is 11.0. The van der Waals surface area contributed by atoms with Crippen molar-refractivity contribution in [1.29, 1.82) is 0 Å². The van der Waals surface area contributed by atoms with Crippen LogP contribution in [0.1, 0.15) is 26.3 Å². The summed E-state index contributed by atoms with van der Waals surface area (Å²) in [4.78, 5) is 10.6. The molecular weight excluding hydrogens is 272 g/mol. The molecule has 6 nitrogen and oxygen atoms in total. The summed E-state index contributed by atoms with van der Waals surface area (Å²) in [5.74, 6) is 0.842. The lowest BCUT2D eigenvalue weighted by atomic mass is 10.1. The van der Waals surface area contributed by atoms with E-state index in [1.807, 2.05) is 6.92 Å². The van der Waals surface area contributed by atoms with Crippen molar-refractivity contribution in [2.24, 2.45) is 5.92 Å². The molecule has 0 heterocycles. The van der Waals surface area contributed by atoms with Crippen LogP contribution in [0.15, 0.2) is 18.2 Å². The number of hydrogen-bond acceptors (Lipinski definition) is 5. The normalized spacial score (nSPS) is 12.4. The SMILES string of the molecule is COC(C)COc1cc(CNCC(C)C)ccc1[N+](=O)[O-]. The van der Waals surface area contributed by atoms with Gasteiger partial charge in [-0.25, -0.2) is 0 Å². The van der Waals surface area contributed by atoms with Crippen LogP contribution >= 0.6 is 0 Å². The standard InChI is InChI=1S/C15H24N2O4/c1-11(2)8-16-9-13-5-6-14(17(18)19)15(7-13)21-10-12(3)20-4/h5-7,11-12,16H,8-10H2,1-4H3. The van der Waals surface area contributed by atoms with Gasteiger partial charge in [-0.05, 0) is 31.0 Å². The van der Waals surface area contributed by atoms with Crippen molar-refractivity contribution in [2.75, 3.05) is 20.3 Å². The Bertz CT molecular complexity index is 463. The number of nitrogens with zero attached hydrogens (tertiary/aromatic N) is 1. The molecule has 0 fully saturated rings. The largest absolute Gasteiger partial charge is 0.484 e. The van der Waals surface area contributed by atoms with Gasteiger partial charge in [0.15, 0.2) is 5.75 Å². The van der Waals surface area contributed by atoms with Crippen molar-refractivity contribution in [3.8, 4) is 5.75 Å². The first-order valence-corrected chi connectivity index (χ1v) is 7.07. The average Bonchev–Trinajstić information content (AvgIpc) is 2.44. The molecule has 0 spiro atoms. The number of nitrogens with one attached hydrogen (secondary N) is 1. The molecule has 21 heavy (non-hydrogen) atoms. The van der Waals surface area contributed by atoms with Crippen molar-refractivity contribution in [3.63, 3.8) is 0 Å². The van der Waals surface area contributed by atoms with Gasteiger partial charge in [-0.1, -0.05) is 19.9 Å². The molecule has 0 aliphatic heterocycles. The van der Waals surface area contributed by atoms with E-state index >= 15 is 0 Å². The summed E-state index contributed by atoms with van der Waals surface area (Å²) in [5.41, 5.74) is 0.937. The van der Waals surface area contributed by atoms with Gasteiger partial charge in [-0.3, -0.25) is 10.1 Å². The number of rotatable bonds is 9.